The first-order chi connectivity index (χ1) is 7.18. The highest BCUT2D eigenvalue weighted by Crippen LogP contribution is 2.24. The monoisotopic (exact) mass is 202 g/mol. The number of aromatic nitrogens is 1. The van der Waals surface area contributed by atoms with Crippen LogP contribution in [0, 0.1) is 0 Å². The summed E-state index contributed by atoms with van der Waals surface area (Å²) in [5.41, 5.74) is 7.36. The predicted octanol–water partition coefficient (Wildman–Crippen LogP) is 1.85. The lowest BCUT2D eigenvalue weighted by atomic mass is 10.1. The molecule has 0 saturated carbocycles. The van der Waals surface area contributed by atoms with Gasteiger partial charge < -0.3 is 15.8 Å². The number of anilines is 1. The van der Waals surface area contributed by atoms with E-state index in [1.54, 1.807) is 0 Å². The molecule has 0 spiro atoms. The van der Waals surface area contributed by atoms with Gasteiger partial charge >= 0.3 is 5.97 Å². The second-order valence-corrected chi connectivity index (χ2v) is 3.17. The van der Waals surface area contributed by atoms with Gasteiger partial charge in [-0.2, -0.15) is 0 Å². The van der Waals surface area contributed by atoms with Crippen LogP contribution in [-0.4, -0.2) is 16.1 Å². The van der Waals surface area contributed by atoms with Gasteiger partial charge in [0.15, 0.2) is 0 Å². The number of hydrogen-bond donors (Lipinski definition) is 3. The lowest BCUT2D eigenvalue weighted by Crippen LogP contribution is -1.88. The number of aromatic amines is 1. The first-order valence-corrected chi connectivity index (χ1v) is 4.45. The summed E-state index contributed by atoms with van der Waals surface area (Å²) >= 11 is 0. The molecule has 76 valence electrons. The number of para-hydroxylation sites is 1. The third-order valence-corrected chi connectivity index (χ3v) is 2.17. The number of benzene rings is 1. The summed E-state index contributed by atoms with van der Waals surface area (Å²) in [6.45, 7) is 0. The zero-order valence-corrected chi connectivity index (χ0v) is 7.90. The Morgan fingerprint density at radius 3 is 2.87 bits per heavy atom. The molecule has 4 nitrogen and oxygen atoms in total. The minimum atomic E-state index is -0.986. The van der Waals surface area contributed by atoms with Crippen molar-refractivity contribution in [3.8, 4) is 0 Å². The maximum atomic E-state index is 10.4. The number of carbonyl (C=O) groups is 1. The molecular formula is C11H10N2O2. The van der Waals surface area contributed by atoms with Crippen LogP contribution in [0.25, 0.3) is 17.0 Å². The second kappa shape index (κ2) is 3.49. The molecule has 0 aliphatic heterocycles. The van der Waals surface area contributed by atoms with Gasteiger partial charge in [0.05, 0.1) is 0 Å². The molecule has 15 heavy (non-hydrogen) atoms. The second-order valence-electron chi connectivity index (χ2n) is 3.17. The minimum absolute atomic E-state index is 0.480. The molecule has 1 aromatic carbocycles. The Bertz CT molecular complexity index is 541. The third kappa shape index (κ3) is 1.69. The summed E-state index contributed by atoms with van der Waals surface area (Å²) in [7, 11) is 0. The van der Waals surface area contributed by atoms with Crippen molar-refractivity contribution < 1.29 is 9.90 Å². The quantitative estimate of drug-likeness (QED) is 0.650. The summed E-state index contributed by atoms with van der Waals surface area (Å²) < 4.78 is 0. The standard InChI is InChI=1S/C11H10N2O2/c12-11-8(5-6-10(14)15)7-3-1-2-4-9(7)13-11/h1-6,13H,12H2,(H,14,15). The number of nitrogens with two attached hydrogens (primary N) is 1. The van der Waals surface area contributed by atoms with Crippen LogP contribution in [-0.2, 0) is 4.79 Å². The van der Waals surface area contributed by atoms with Crippen LogP contribution < -0.4 is 5.73 Å². The number of carboxylic acid groups (broad SMARTS) is 1. The highest BCUT2D eigenvalue weighted by atomic mass is 16.4. The summed E-state index contributed by atoms with van der Waals surface area (Å²) in [4.78, 5) is 13.4. The molecule has 0 aliphatic rings. The first-order valence-electron chi connectivity index (χ1n) is 4.45. The van der Waals surface area contributed by atoms with Crippen molar-refractivity contribution in [3.05, 3.63) is 35.9 Å². The van der Waals surface area contributed by atoms with Crippen molar-refractivity contribution in [3.63, 3.8) is 0 Å². The van der Waals surface area contributed by atoms with Crippen molar-refractivity contribution in [2.45, 2.75) is 0 Å². The molecular weight excluding hydrogens is 192 g/mol. The van der Waals surface area contributed by atoms with Crippen LogP contribution in [0.2, 0.25) is 0 Å². The van der Waals surface area contributed by atoms with Crippen LogP contribution in [0.1, 0.15) is 5.56 Å². The number of aliphatic carboxylic acids is 1. The maximum Gasteiger partial charge on any atom is 0.328 e. The van der Waals surface area contributed by atoms with Gasteiger partial charge in [-0.05, 0) is 12.1 Å². The van der Waals surface area contributed by atoms with Crippen LogP contribution in [0.5, 0.6) is 0 Å². The fraction of sp³-hybridized carbons (Fsp3) is 0. The molecule has 0 saturated heterocycles. The largest absolute Gasteiger partial charge is 0.478 e. The van der Waals surface area contributed by atoms with E-state index in [1.807, 2.05) is 24.3 Å². The molecule has 0 radical (unpaired) electrons. The molecule has 4 N–H and O–H groups in total. The number of nitrogens with one attached hydrogen (secondary N) is 1. The molecule has 0 amide bonds. The molecule has 4 heteroatoms. The summed E-state index contributed by atoms with van der Waals surface area (Å²) in [6, 6.07) is 7.56. The average Bonchev–Trinajstić information content (AvgIpc) is 2.50. The Kier molecular flexibility index (Phi) is 2.17. The van der Waals surface area contributed by atoms with E-state index >= 15 is 0 Å². The Morgan fingerprint density at radius 1 is 1.40 bits per heavy atom. The molecule has 0 unspecified atom stereocenters. The molecule has 0 fully saturated rings. The maximum absolute atomic E-state index is 10.4. The van der Waals surface area contributed by atoms with Gasteiger partial charge in [0, 0.05) is 22.5 Å². The van der Waals surface area contributed by atoms with Crippen LogP contribution in [0.4, 0.5) is 5.82 Å². The number of H-pyrrole nitrogens is 1. The van der Waals surface area contributed by atoms with E-state index in [0.717, 1.165) is 17.0 Å². The summed E-state index contributed by atoms with van der Waals surface area (Å²) in [5.74, 6) is -0.506. The number of hydrogen-bond acceptors (Lipinski definition) is 2. The van der Waals surface area contributed by atoms with E-state index in [0.29, 0.717) is 11.4 Å². The highest BCUT2D eigenvalue weighted by molar-refractivity contribution is 5.97. The van der Waals surface area contributed by atoms with Gasteiger partial charge in [-0.25, -0.2) is 4.79 Å². The van der Waals surface area contributed by atoms with E-state index in [1.165, 1.54) is 6.08 Å². The Labute approximate surface area is 86.0 Å². The Balaban J connectivity index is 2.59. The highest BCUT2D eigenvalue weighted by Gasteiger charge is 2.05. The van der Waals surface area contributed by atoms with Crippen molar-refractivity contribution >= 4 is 28.8 Å². The van der Waals surface area contributed by atoms with Crippen molar-refractivity contribution in [2.75, 3.05) is 5.73 Å². The van der Waals surface area contributed by atoms with E-state index in [-0.39, 0.29) is 0 Å². The van der Waals surface area contributed by atoms with Gasteiger partial charge in [0.1, 0.15) is 5.82 Å². The zero-order valence-electron chi connectivity index (χ0n) is 7.90. The average molecular weight is 202 g/mol. The minimum Gasteiger partial charge on any atom is -0.478 e. The number of carboxylic acids is 1. The van der Waals surface area contributed by atoms with E-state index < -0.39 is 5.97 Å². The lowest BCUT2D eigenvalue weighted by molar-refractivity contribution is -0.131. The topological polar surface area (TPSA) is 79.1 Å². The first kappa shape index (κ1) is 9.33. The normalized spacial score (nSPS) is 11.2. The van der Waals surface area contributed by atoms with Gasteiger partial charge in [-0.15, -0.1) is 0 Å². The van der Waals surface area contributed by atoms with Crippen LogP contribution in [0.15, 0.2) is 30.3 Å². The molecule has 0 atom stereocenters. The van der Waals surface area contributed by atoms with E-state index in [9.17, 15) is 4.79 Å². The number of rotatable bonds is 2. The smallest absolute Gasteiger partial charge is 0.328 e. The molecule has 1 aromatic heterocycles. The van der Waals surface area contributed by atoms with Crippen LogP contribution >= 0.6 is 0 Å². The number of nitrogen functional groups attached to an aromatic ring is 1. The fourth-order valence-electron chi connectivity index (χ4n) is 1.52. The van der Waals surface area contributed by atoms with E-state index in [2.05, 4.69) is 4.98 Å². The van der Waals surface area contributed by atoms with Gasteiger partial charge in [-0.3, -0.25) is 0 Å². The third-order valence-electron chi connectivity index (χ3n) is 2.17. The predicted molar refractivity (Wildman–Crippen MR) is 59.4 cm³/mol. The fourth-order valence-corrected chi connectivity index (χ4v) is 1.52. The Hall–Kier alpha value is -2.23. The van der Waals surface area contributed by atoms with Crippen molar-refractivity contribution in [1.29, 1.82) is 0 Å². The van der Waals surface area contributed by atoms with Crippen LogP contribution in [0.3, 0.4) is 0 Å². The van der Waals surface area contributed by atoms with Gasteiger partial charge in [0.2, 0.25) is 0 Å². The summed E-state index contributed by atoms with van der Waals surface area (Å²) in [6.07, 6.45) is 2.57. The molecule has 1 heterocycles. The zero-order chi connectivity index (χ0) is 10.8. The number of fused-ring (bicyclic) bond motifs is 1. The SMILES string of the molecule is Nc1[nH]c2ccccc2c1C=CC(=O)O. The van der Waals surface area contributed by atoms with Crippen molar-refractivity contribution in [2.24, 2.45) is 0 Å². The molecule has 2 rings (SSSR count). The van der Waals surface area contributed by atoms with Crippen molar-refractivity contribution in [1.82, 2.24) is 4.98 Å². The van der Waals surface area contributed by atoms with Gasteiger partial charge in [0.25, 0.3) is 0 Å². The summed E-state index contributed by atoms with van der Waals surface area (Å²) in [5, 5.41) is 9.46. The molecule has 2 aromatic rings. The lowest BCUT2D eigenvalue weighted by Gasteiger charge is -1.91. The van der Waals surface area contributed by atoms with Gasteiger partial charge in [-0.1, -0.05) is 18.2 Å². The Morgan fingerprint density at radius 2 is 2.13 bits per heavy atom. The molecule has 0 bridgehead atoms. The van der Waals surface area contributed by atoms with E-state index in [4.69, 9.17) is 10.8 Å². The molecule has 0 aliphatic carbocycles.